The molecule has 0 atom stereocenters. The van der Waals surface area contributed by atoms with Crippen LogP contribution in [0.5, 0.6) is 0 Å². The quantitative estimate of drug-likeness (QED) is 0.649. The van der Waals surface area contributed by atoms with Gasteiger partial charge in [-0.05, 0) is 41.6 Å². The van der Waals surface area contributed by atoms with Crippen LogP contribution in [0.4, 0.5) is 5.69 Å². The lowest BCUT2D eigenvalue weighted by atomic mass is 10.1. The first kappa shape index (κ1) is 13.4. The maximum Gasteiger partial charge on any atom is 0.244 e. The number of anilines is 1. The van der Waals surface area contributed by atoms with Gasteiger partial charge < -0.3 is 11.1 Å². The van der Waals surface area contributed by atoms with E-state index in [0.29, 0.717) is 6.54 Å². The summed E-state index contributed by atoms with van der Waals surface area (Å²) in [6.07, 6.45) is 4.19. The van der Waals surface area contributed by atoms with Crippen LogP contribution in [0, 0.1) is 0 Å². The van der Waals surface area contributed by atoms with E-state index < -0.39 is 0 Å². The van der Waals surface area contributed by atoms with E-state index in [-0.39, 0.29) is 5.91 Å². The number of thiophene rings is 1. The van der Waals surface area contributed by atoms with Crippen molar-refractivity contribution >= 4 is 29.0 Å². The molecule has 3 nitrogen and oxygen atoms in total. The Kier molecular flexibility index (Phi) is 4.75. The first-order valence-electron chi connectivity index (χ1n) is 6.08. The molecule has 19 heavy (non-hydrogen) atoms. The fourth-order valence-electron chi connectivity index (χ4n) is 1.62. The topological polar surface area (TPSA) is 55.1 Å². The van der Waals surface area contributed by atoms with Gasteiger partial charge in [-0.1, -0.05) is 18.2 Å². The summed E-state index contributed by atoms with van der Waals surface area (Å²) in [5.74, 6) is -0.0659. The van der Waals surface area contributed by atoms with Gasteiger partial charge in [0.1, 0.15) is 0 Å². The first-order valence-corrected chi connectivity index (χ1v) is 6.96. The van der Waals surface area contributed by atoms with Crippen molar-refractivity contribution < 1.29 is 4.79 Å². The highest BCUT2D eigenvalue weighted by Gasteiger charge is 1.97. The Morgan fingerprint density at radius 1 is 1.26 bits per heavy atom. The van der Waals surface area contributed by atoms with E-state index in [2.05, 4.69) is 5.32 Å². The van der Waals surface area contributed by atoms with E-state index in [0.717, 1.165) is 22.5 Å². The summed E-state index contributed by atoms with van der Waals surface area (Å²) in [5.41, 5.74) is 7.53. The van der Waals surface area contributed by atoms with Crippen molar-refractivity contribution in [2.24, 2.45) is 0 Å². The van der Waals surface area contributed by atoms with E-state index in [1.807, 2.05) is 47.9 Å². The molecule has 0 aliphatic carbocycles. The molecule has 0 fully saturated rings. The molecule has 3 N–H and O–H groups in total. The van der Waals surface area contributed by atoms with E-state index in [4.69, 9.17) is 5.73 Å². The van der Waals surface area contributed by atoms with Crippen molar-refractivity contribution in [1.82, 2.24) is 5.32 Å². The average molecular weight is 272 g/mol. The Morgan fingerprint density at radius 2 is 2.05 bits per heavy atom. The zero-order chi connectivity index (χ0) is 13.5. The summed E-state index contributed by atoms with van der Waals surface area (Å²) in [4.78, 5) is 12.6. The van der Waals surface area contributed by atoms with Crippen LogP contribution < -0.4 is 11.1 Å². The third kappa shape index (κ3) is 4.60. The monoisotopic (exact) mass is 272 g/mol. The highest BCUT2D eigenvalue weighted by atomic mass is 32.1. The summed E-state index contributed by atoms with van der Waals surface area (Å²) in [6.45, 7) is 0.623. The van der Waals surface area contributed by atoms with Crippen LogP contribution in [0.2, 0.25) is 0 Å². The van der Waals surface area contributed by atoms with Crippen LogP contribution in [0.25, 0.3) is 6.08 Å². The Hall–Kier alpha value is -2.07. The number of hydrogen-bond acceptors (Lipinski definition) is 3. The molecule has 0 unspecified atom stereocenters. The average Bonchev–Trinajstić information content (AvgIpc) is 2.92. The van der Waals surface area contributed by atoms with E-state index in [9.17, 15) is 4.79 Å². The second-order valence-corrected chi connectivity index (χ2v) is 5.11. The van der Waals surface area contributed by atoms with Gasteiger partial charge in [0, 0.05) is 23.2 Å². The predicted octanol–water partition coefficient (Wildman–Crippen LogP) is 2.70. The minimum atomic E-state index is -0.0659. The molecule has 1 aromatic heterocycles. The Balaban J connectivity index is 1.73. The summed E-state index contributed by atoms with van der Waals surface area (Å²) in [6, 6.07) is 11.6. The molecule has 1 heterocycles. The maximum absolute atomic E-state index is 11.6. The number of amides is 1. The summed E-state index contributed by atoms with van der Waals surface area (Å²) in [5, 5.41) is 4.84. The minimum Gasteiger partial charge on any atom is -0.399 e. The molecule has 2 aromatic rings. The SMILES string of the molecule is Nc1ccc(CCNC(=O)C=Cc2cccs2)cc1. The Morgan fingerprint density at radius 3 is 2.74 bits per heavy atom. The summed E-state index contributed by atoms with van der Waals surface area (Å²) >= 11 is 1.61. The van der Waals surface area contributed by atoms with E-state index in [1.165, 1.54) is 0 Å². The lowest BCUT2D eigenvalue weighted by Gasteiger charge is -2.03. The van der Waals surface area contributed by atoms with Gasteiger partial charge in [0.05, 0.1) is 0 Å². The fraction of sp³-hybridized carbons (Fsp3) is 0.133. The molecular formula is C15H16N2OS. The normalized spacial score (nSPS) is 10.7. The fourth-order valence-corrected chi connectivity index (χ4v) is 2.24. The van der Waals surface area contributed by atoms with Gasteiger partial charge in [-0.2, -0.15) is 0 Å². The first-order chi connectivity index (χ1) is 9.24. The number of nitrogens with two attached hydrogens (primary N) is 1. The zero-order valence-corrected chi connectivity index (χ0v) is 11.3. The third-order valence-corrected chi connectivity index (χ3v) is 3.47. The van der Waals surface area contributed by atoms with Gasteiger partial charge in [-0.15, -0.1) is 11.3 Å². The number of carbonyl (C=O) groups is 1. The molecule has 0 saturated heterocycles. The van der Waals surface area contributed by atoms with Gasteiger partial charge >= 0.3 is 0 Å². The molecule has 0 saturated carbocycles. The van der Waals surface area contributed by atoms with Gasteiger partial charge in [0.25, 0.3) is 0 Å². The summed E-state index contributed by atoms with van der Waals surface area (Å²) in [7, 11) is 0. The van der Waals surface area contributed by atoms with E-state index >= 15 is 0 Å². The van der Waals surface area contributed by atoms with Crippen molar-refractivity contribution in [3.63, 3.8) is 0 Å². The van der Waals surface area contributed by atoms with Gasteiger partial charge in [-0.3, -0.25) is 4.79 Å². The molecule has 4 heteroatoms. The second-order valence-electron chi connectivity index (χ2n) is 4.13. The highest BCUT2D eigenvalue weighted by molar-refractivity contribution is 7.10. The number of nitrogen functional groups attached to an aromatic ring is 1. The molecule has 0 aliphatic heterocycles. The van der Waals surface area contributed by atoms with Crippen molar-refractivity contribution in [1.29, 1.82) is 0 Å². The van der Waals surface area contributed by atoms with Crippen molar-refractivity contribution in [2.75, 3.05) is 12.3 Å². The third-order valence-electron chi connectivity index (χ3n) is 2.63. The van der Waals surface area contributed by atoms with Crippen LogP contribution in [-0.4, -0.2) is 12.5 Å². The molecule has 0 aliphatic rings. The van der Waals surface area contributed by atoms with Crippen LogP contribution in [0.1, 0.15) is 10.4 Å². The number of nitrogens with one attached hydrogen (secondary N) is 1. The largest absolute Gasteiger partial charge is 0.399 e. The van der Waals surface area contributed by atoms with Crippen molar-refractivity contribution in [2.45, 2.75) is 6.42 Å². The number of benzene rings is 1. The van der Waals surface area contributed by atoms with Gasteiger partial charge in [0.2, 0.25) is 5.91 Å². The van der Waals surface area contributed by atoms with Crippen LogP contribution in [0.15, 0.2) is 47.9 Å². The van der Waals surface area contributed by atoms with Gasteiger partial charge in [0.15, 0.2) is 0 Å². The van der Waals surface area contributed by atoms with Crippen molar-refractivity contribution in [3.05, 3.63) is 58.3 Å². The molecule has 2 rings (SSSR count). The van der Waals surface area contributed by atoms with Crippen LogP contribution in [0.3, 0.4) is 0 Å². The molecule has 0 spiro atoms. The molecule has 0 radical (unpaired) electrons. The Bertz CT molecular complexity index is 544. The zero-order valence-electron chi connectivity index (χ0n) is 10.5. The minimum absolute atomic E-state index is 0.0659. The predicted molar refractivity (Wildman–Crippen MR) is 80.9 cm³/mol. The number of hydrogen-bond donors (Lipinski definition) is 2. The molecule has 98 valence electrons. The molecule has 1 amide bonds. The lowest BCUT2D eigenvalue weighted by Crippen LogP contribution is -2.23. The van der Waals surface area contributed by atoms with E-state index in [1.54, 1.807) is 17.4 Å². The number of rotatable bonds is 5. The highest BCUT2D eigenvalue weighted by Crippen LogP contribution is 2.09. The number of carbonyl (C=O) groups excluding carboxylic acids is 1. The Labute approximate surface area is 116 Å². The van der Waals surface area contributed by atoms with Crippen molar-refractivity contribution in [3.8, 4) is 0 Å². The van der Waals surface area contributed by atoms with Crippen LogP contribution in [-0.2, 0) is 11.2 Å². The molecular weight excluding hydrogens is 256 g/mol. The van der Waals surface area contributed by atoms with Gasteiger partial charge in [-0.25, -0.2) is 0 Å². The second kappa shape index (κ2) is 6.75. The maximum atomic E-state index is 11.6. The van der Waals surface area contributed by atoms with Crippen LogP contribution >= 0.6 is 11.3 Å². The lowest BCUT2D eigenvalue weighted by molar-refractivity contribution is -0.116. The standard InChI is InChI=1S/C15H16N2OS/c16-13-5-3-12(4-6-13)9-10-17-15(18)8-7-14-2-1-11-19-14/h1-8,11H,9-10,16H2,(H,17,18). The summed E-state index contributed by atoms with van der Waals surface area (Å²) < 4.78 is 0. The molecule has 0 bridgehead atoms. The smallest absolute Gasteiger partial charge is 0.244 e. The molecule has 1 aromatic carbocycles.